The topological polar surface area (TPSA) is 112 Å². The Kier molecular flexibility index (Phi) is 5.91. The van der Waals surface area contributed by atoms with Crippen LogP contribution in [0.5, 0.6) is 0 Å². The van der Waals surface area contributed by atoms with E-state index in [-0.39, 0.29) is 6.42 Å². The molecule has 0 aromatic heterocycles. The van der Waals surface area contributed by atoms with Crippen molar-refractivity contribution in [2.24, 2.45) is 0 Å². The molecule has 5 N–H and O–H groups in total. The summed E-state index contributed by atoms with van der Waals surface area (Å²) in [4.78, 5) is 23.9. The Morgan fingerprint density at radius 2 is 1.96 bits per heavy atom. The molecule has 0 saturated carbocycles. The largest absolute Gasteiger partial charge is 0.441 e. The average Bonchev–Trinajstić information content (AvgIpc) is 2.54. The molecule has 1 saturated heterocycles. The van der Waals surface area contributed by atoms with Gasteiger partial charge in [-0.3, -0.25) is 10.0 Å². The lowest BCUT2D eigenvalue weighted by molar-refractivity contribution is -0.131. The zero-order chi connectivity index (χ0) is 16.7. The molecular formula is C15H22N4O4. The Bertz CT molecular complexity index is 532. The fourth-order valence-corrected chi connectivity index (χ4v) is 2.41. The summed E-state index contributed by atoms with van der Waals surface area (Å²) in [5.41, 5.74) is 1.73. The second kappa shape index (κ2) is 7.91. The highest BCUT2D eigenvalue weighted by atomic mass is 16.6. The molecule has 1 aliphatic rings. The standard InChI is InChI=1S/C15H22N4O4/c1-15(8-16-10-17-9-15)23-14(21)18-12(13(20)19-22)7-11-5-3-2-4-6-11/h2-6,12,16-17,22H,7-10H2,1H3,(H,18,21)(H,19,20)/t12-/m0/s1. The number of carbonyl (C=O) groups excluding carboxylic acids is 2. The minimum atomic E-state index is -0.928. The minimum absolute atomic E-state index is 0.246. The van der Waals surface area contributed by atoms with Gasteiger partial charge in [0, 0.05) is 26.2 Å². The molecule has 1 aromatic rings. The van der Waals surface area contributed by atoms with Crippen molar-refractivity contribution in [1.82, 2.24) is 21.4 Å². The zero-order valence-electron chi connectivity index (χ0n) is 13.0. The third kappa shape index (κ3) is 5.20. The molecule has 1 aromatic carbocycles. The summed E-state index contributed by atoms with van der Waals surface area (Å²) >= 11 is 0. The number of hydrogen-bond donors (Lipinski definition) is 5. The van der Waals surface area contributed by atoms with Crippen LogP contribution in [-0.2, 0) is 16.0 Å². The number of benzene rings is 1. The Balaban J connectivity index is 1.96. The molecule has 0 unspecified atom stereocenters. The molecule has 0 aliphatic carbocycles. The number of alkyl carbamates (subject to hydrolysis) is 1. The van der Waals surface area contributed by atoms with Gasteiger partial charge in [0.25, 0.3) is 5.91 Å². The van der Waals surface area contributed by atoms with Gasteiger partial charge in [0.05, 0.1) is 0 Å². The third-order valence-electron chi connectivity index (χ3n) is 3.59. The van der Waals surface area contributed by atoms with Crippen molar-refractivity contribution in [3.8, 4) is 0 Å². The van der Waals surface area contributed by atoms with Crippen LogP contribution in [-0.4, -0.2) is 48.6 Å². The van der Waals surface area contributed by atoms with Crippen molar-refractivity contribution in [2.45, 2.75) is 25.0 Å². The van der Waals surface area contributed by atoms with Crippen molar-refractivity contribution in [3.05, 3.63) is 35.9 Å². The molecule has 126 valence electrons. The molecule has 2 rings (SSSR count). The van der Waals surface area contributed by atoms with Gasteiger partial charge in [0.2, 0.25) is 0 Å². The normalized spacial score (nSPS) is 17.8. The first-order valence-electron chi connectivity index (χ1n) is 7.41. The van der Waals surface area contributed by atoms with Crippen LogP contribution >= 0.6 is 0 Å². The highest BCUT2D eigenvalue weighted by molar-refractivity contribution is 5.85. The van der Waals surface area contributed by atoms with Gasteiger partial charge in [-0.25, -0.2) is 10.3 Å². The predicted molar refractivity (Wildman–Crippen MR) is 82.8 cm³/mol. The number of hydrogen-bond acceptors (Lipinski definition) is 6. The number of amides is 2. The SMILES string of the molecule is CC1(OC(=O)N[C@@H](Cc2ccccc2)C(=O)NO)CNCNC1. The third-order valence-corrected chi connectivity index (χ3v) is 3.59. The van der Waals surface area contributed by atoms with Gasteiger partial charge < -0.3 is 20.7 Å². The zero-order valence-corrected chi connectivity index (χ0v) is 13.0. The van der Waals surface area contributed by atoms with Gasteiger partial charge in [-0.15, -0.1) is 0 Å². The summed E-state index contributed by atoms with van der Waals surface area (Å²) in [5, 5.41) is 17.5. The lowest BCUT2D eigenvalue weighted by Crippen LogP contribution is -2.58. The Morgan fingerprint density at radius 1 is 1.30 bits per heavy atom. The monoisotopic (exact) mass is 322 g/mol. The Morgan fingerprint density at radius 3 is 2.57 bits per heavy atom. The highest BCUT2D eigenvalue weighted by Gasteiger charge is 2.32. The molecule has 23 heavy (non-hydrogen) atoms. The Labute approximate surface area is 134 Å². The second-order valence-electron chi connectivity index (χ2n) is 5.73. The van der Waals surface area contributed by atoms with Gasteiger partial charge in [-0.05, 0) is 12.5 Å². The van der Waals surface area contributed by atoms with E-state index >= 15 is 0 Å². The number of carbonyl (C=O) groups is 2. The van der Waals surface area contributed by atoms with Crippen LogP contribution in [0.1, 0.15) is 12.5 Å². The quantitative estimate of drug-likeness (QED) is 0.377. The Hall–Kier alpha value is -2.16. The van der Waals surface area contributed by atoms with Crippen LogP contribution in [0.4, 0.5) is 4.79 Å². The van der Waals surface area contributed by atoms with E-state index in [9.17, 15) is 9.59 Å². The maximum Gasteiger partial charge on any atom is 0.408 e. The maximum atomic E-state index is 12.1. The lowest BCUT2D eigenvalue weighted by Gasteiger charge is -2.34. The summed E-state index contributed by atoms with van der Waals surface area (Å²) in [6.07, 6.45) is -0.460. The molecule has 0 radical (unpaired) electrons. The summed E-state index contributed by atoms with van der Waals surface area (Å²) < 4.78 is 5.40. The first-order chi connectivity index (χ1) is 11.0. The van der Waals surface area contributed by atoms with E-state index in [4.69, 9.17) is 9.94 Å². The molecule has 1 atom stereocenters. The number of nitrogens with one attached hydrogen (secondary N) is 4. The van der Waals surface area contributed by atoms with E-state index in [1.54, 1.807) is 12.4 Å². The summed E-state index contributed by atoms with van der Waals surface area (Å²) in [6, 6.07) is 8.27. The van der Waals surface area contributed by atoms with Crippen molar-refractivity contribution < 1.29 is 19.5 Å². The van der Waals surface area contributed by atoms with Crippen LogP contribution in [0.3, 0.4) is 0 Å². The van der Waals surface area contributed by atoms with Gasteiger partial charge in [0.15, 0.2) is 0 Å². The van der Waals surface area contributed by atoms with E-state index in [1.807, 2.05) is 30.3 Å². The van der Waals surface area contributed by atoms with Gasteiger partial charge >= 0.3 is 6.09 Å². The molecule has 0 spiro atoms. The van der Waals surface area contributed by atoms with Crippen molar-refractivity contribution in [2.75, 3.05) is 19.8 Å². The van der Waals surface area contributed by atoms with Crippen LogP contribution in [0.2, 0.25) is 0 Å². The number of hydroxylamine groups is 1. The van der Waals surface area contributed by atoms with E-state index in [0.29, 0.717) is 19.8 Å². The predicted octanol–water partition coefficient (Wildman–Crippen LogP) is -0.262. The lowest BCUT2D eigenvalue weighted by atomic mass is 10.1. The fraction of sp³-hybridized carbons (Fsp3) is 0.467. The molecule has 0 bridgehead atoms. The first kappa shape index (κ1) is 17.2. The van der Waals surface area contributed by atoms with Gasteiger partial charge in [0.1, 0.15) is 11.6 Å². The van der Waals surface area contributed by atoms with E-state index in [1.165, 1.54) is 0 Å². The van der Waals surface area contributed by atoms with E-state index in [0.717, 1.165) is 5.56 Å². The summed E-state index contributed by atoms with van der Waals surface area (Å²) in [6.45, 7) is 3.49. The van der Waals surface area contributed by atoms with E-state index in [2.05, 4.69) is 16.0 Å². The average molecular weight is 322 g/mol. The summed E-state index contributed by atoms with van der Waals surface area (Å²) in [7, 11) is 0. The molecule has 1 aliphatic heterocycles. The number of ether oxygens (including phenoxy) is 1. The van der Waals surface area contributed by atoms with Gasteiger partial charge in [-0.2, -0.15) is 0 Å². The second-order valence-corrected chi connectivity index (χ2v) is 5.73. The minimum Gasteiger partial charge on any atom is -0.441 e. The first-order valence-corrected chi connectivity index (χ1v) is 7.41. The van der Waals surface area contributed by atoms with Crippen LogP contribution in [0.25, 0.3) is 0 Å². The van der Waals surface area contributed by atoms with Crippen LogP contribution in [0.15, 0.2) is 30.3 Å². The van der Waals surface area contributed by atoms with Crippen LogP contribution in [0, 0.1) is 0 Å². The molecular weight excluding hydrogens is 300 g/mol. The maximum absolute atomic E-state index is 12.1. The van der Waals surface area contributed by atoms with Crippen molar-refractivity contribution >= 4 is 12.0 Å². The molecule has 1 heterocycles. The molecule has 8 heteroatoms. The highest BCUT2D eigenvalue weighted by Crippen LogP contribution is 2.11. The molecule has 2 amide bonds. The van der Waals surface area contributed by atoms with Gasteiger partial charge in [-0.1, -0.05) is 30.3 Å². The van der Waals surface area contributed by atoms with Crippen molar-refractivity contribution in [3.63, 3.8) is 0 Å². The molecule has 8 nitrogen and oxygen atoms in total. The smallest absolute Gasteiger partial charge is 0.408 e. The van der Waals surface area contributed by atoms with Crippen LogP contribution < -0.4 is 21.4 Å². The summed E-state index contributed by atoms with van der Waals surface area (Å²) in [5.74, 6) is -0.698. The number of rotatable bonds is 5. The fourth-order valence-electron chi connectivity index (χ4n) is 2.41. The van der Waals surface area contributed by atoms with E-state index < -0.39 is 23.6 Å². The van der Waals surface area contributed by atoms with Crippen molar-refractivity contribution in [1.29, 1.82) is 0 Å². The molecule has 1 fully saturated rings.